The van der Waals surface area contributed by atoms with Crippen molar-refractivity contribution in [3.05, 3.63) is 64.8 Å². The average molecular weight is 431 g/mol. The fraction of sp³-hybridized carbons (Fsp3) is 0.320. The van der Waals surface area contributed by atoms with Gasteiger partial charge in [0.1, 0.15) is 16.4 Å². The van der Waals surface area contributed by atoms with Crippen molar-refractivity contribution in [1.29, 1.82) is 0 Å². The first kappa shape index (κ1) is 19.9. The fourth-order valence-electron chi connectivity index (χ4n) is 4.28. The lowest BCUT2D eigenvalue weighted by Crippen LogP contribution is -2.08. The Labute approximate surface area is 186 Å². The number of ether oxygens (including phenoxy) is 1. The van der Waals surface area contributed by atoms with Gasteiger partial charge in [-0.1, -0.05) is 30.3 Å². The van der Waals surface area contributed by atoms with E-state index < -0.39 is 0 Å². The molecule has 4 aromatic rings. The van der Waals surface area contributed by atoms with Crippen molar-refractivity contribution in [2.75, 3.05) is 19.0 Å². The number of methoxy groups -OCH3 is 1. The summed E-state index contributed by atoms with van der Waals surface area (Å²) in [5, 5.41) is 4.86. The van der Waals surface area contributed by atoms with Gasteiger partial charge in [-0.15, -0.1) is 11.3 Å². The first-order chi connectivity index (χ1) is 15.3. The van der Waals surface area contributed by atoms with Crippen molar-refractivity contribution in [2.24, 2.45) is 0 Å². The van der Waals surface area contributed by atoms with Gasteiger partial charge in [-0.2, -0.15) is 0 Å². The molecule has 158 valence electrons. The second-order valence-corrected chi connectivity index (χ2v) is 8.96. The van der Waals surface area contributed by atoms with Crippen LogP contribution < -0.4 is 10.1 Å². The van der Waals surface area contributed by atoms with Crippen molar-refractivity contribution in [1.82, 2.24) is 15.0 Å². The molecule has 0 bridgehead atoms. The zero-order valence-corrected chi connectivity index (χ0v) is 18.5. The van der Waals surface area contributed by atoms with Gasteiger partial charge < -0.3 is 10.1 Å². The molecule has 5 nitrogen and oxygen atoms in total. The van der Waals surface area contributed by atoms with Crippen molar-refractivity contribution in [3.8, 4) is 17.1 Å². The number of fused-ring (bicyclic) bond motifs is 3. The lowest BCUT2D eigenvalue weighted by molar-refractivity contribution is 0.414. The molecule has 31 heavy (non-hydrogen) atoms. The lowest BCUT2D eigenvalue weighted by Gasteiger charge is -2.14. The molecule has 6 heteroatoms. The number of rotatable bonds is 7. The van der Waals surface area contributed by atoms with E-state index in [2.05, 4.69) is 40.6 Å². The summed E-state index contributed by atoms with van der Waals surface area (Å²) in [5.41, 5.74) is 3.69. The van der Waals surface area contributed by atoms with Crippen LogP contribution in [0, 0.1) is 0 Å². The normalized spacial score (nSPS) is 13.2. The Morgan fingerprint density at radius 2 is 1.94 bits per heavy atom. The molecule has 1 N–H and O–H groups in total. The molecule has 0 aliphatic heterocycles. The third kappa shape index (κ3) is 4.12. The summed E-state index contributed by atoms with van der Waals surface area (Å²) in [6, 6.07) is 12.6. The third-order valence-electron chi connectivity index (χ3n) is 5.84. The highest BCUT2D eigenvalue weighted by Gasteiger charge is 2.22. The first-order valence-corrected chi connectivity index (χ1v) is 11.7. The molecule has 0 unspecified atom stereocenters. The number of pyridine rings is 1. The number of nitrogens with one attached hydrogen (secondary N) is 1. The summed E-state index contributed by atoms with van der Waals surface area (Å²) in [6.45, 7) is 0.874. The van der Waals surface area contributed by atoms with E-state index in [1.807, 2.05) is 17.4 Å². The summed E-state index contributed by atoms with van der Waals surface area (Å²) < 4.78 is 5.52. The van der Waals surface area contributed by atoms with E-state index in [1.165, 1.54) is 34.2 Å². The summed E-state index contributed by atoms with van der Waals surface area (Å²) >= 11 is 1.82. The van der Waals surface area contributed by atoms with Gasteiger partial charge in [-0.3, -0.25) is 4.98 Å². The van der Waals surface area contributed by atoms with Crippen LogP contribution in [0.25, 0.3) is 21.6 Å². The van der Waals surface area contributed by atoms with Gasteiger partial charge in [-0.25, -0.2) is 9.97 Å². The molecule has 5 rings (SSSR count). The molecule has 1 aliphatic carbocycles. The monoisotopic (exact) mass is 430 g/mol. The highest BCUT2D eigenvalue weighted by atomic mass is 32.1. The van der Waals surface area contributed by atoms with Crippen LogP contribution in [-0.4, -0.2) is 28.6 Å². The smallest absolute Gasteiger partial charge is 0.166 e. The summed E-state index contributed by atoms with van der Waals surface area (Å²) in [6.07, 6.45) is 10.4. The third-order valence-corrected chi connectivity index (χ3v) is 7.02. The van der Waals surface area contributed by atoms with Crippen molar-refractivity contribution in [2.45, 2.75) is 38.5 Å². The minimum atomic E-state index is 0.691. The van der Waals surface area contributed by atoms with Gasteiger partial charge in [0.05, 0.1) is 24.3 Å². The predicted molar refractivity (Wildman–Crippen MR) is 127 cm³/mol. The van der Waals surface area contributed by atoms with Crippen molar-refractivity contribution < 1.29 is 4.74 Å². The van der Waals surface area contributed by atoms with Crippen LogP contribution in [0.15, 0.2) is 48.8 Å². The first-order valence-electron chi connectivity index (χ1n) is 10.9. The quantitative estimate of drug-likeness (QED) is 0.382. The van der Waals surface area contributed by atoms with Gasteiger partial charge in [0.2, 0.25) is 0 Å². The number of anilines is 1. The van der Waals surface area contributed by atoms with E-state index in [0.29, 0.717) is 11.6 Å². The van der Waals surface area contributed by atoms with Gasteiger partial charge in [0.15, 0.2) is 5.82 Å². The molecule has 3 heterocycles. The van der Waals surface area contributed by atoms with Crippen LogP contribution in [0.3, 0.4) is 0 Å². The number of thiophene rings is 1. The van der Waals surface area contributed by atoms with E-state index in [1.54, 1.807) is 19.5 Å². The van der Waals surface area contributed by atoms with Crippen LogP contribution >= 0.6 is 11.3 Å². The maximum absolute atomic E-state index is 5.52. The minimum absolute atomic E-state index is 0.691. The topological polar surface area (TPSA) is 59.9 Å². The second kappa shape index (κ2) is 9.02. The van der Waals surface area contributed by atoms with E-state index in [-0.39, 0.29) is 0 Å². The van der Waals surface area contributed by atoms with Gasteiger partial charge in [0.25, 0.3) is 0 Å². The van der Waals surface area contributed by atoms with Crippen LogP contribution in [0.2, 0.25) is 0 Å². The van der Waals surface area contributed by atoms with Crippen LogP contribution in [0.1, 0.15) is 35.3 Å². The minimum Gasteiger partial charge on any atom is -0.494 e. The molecule has 1 aromatic carbocycles. The highest BCUT2D eigenvalue weighted by Crippen LogP contribution is 2.40. The van der Waals surface area contributed by atoms with Gasteiger partial charge >= 0.3 is 0 Å². The molecular formula is C25H26N4OS. The molecule has 0 amide bonds. The predicted octanol–water partition coefficient (Wildman–Crippen LogP) is 5.69. The zero-order chi connectivity index (χ0) is 21.0. The molecule has 0 saturated carbocycles. The van der Waals surface area contributed by atoms with Crippen molar-refractivity contribution in [3.63, 3.8) is 0 Å². The molecule has 0 saturated heterocycles. The largest absolute Gasteiger partial charge is 0.494 e. The number of benzene rings is 1. The number of nitrogens with zero attached hydrogens (tertiary/aromatic N) is 3. The van der Waals surface area contributed by atoms with Crippen LogP contribution in [0.5, 0.6) is 5.75 Å². The summed E-state index contributed by atoms with van der Waals surface area (Å²) in [4.78, 5) is 16.7. The Hall–Kier alpha value is -2.99. The molecule has 0 spiro atoms. The van der Waals surface area contributed by atoms with E-state index in [4.69, 9.17) is 14.7 Å². The number of hydrogen-bond acceptors (Lipinski definition) is 6. The van der Waals surface area contributed by atoms with Crippen molar-refractivity contribution >= 4 is 27.4 Å². The Morgan fingerprint density at radius 3 is 2.81 bits per heavy atom. The maximum atomic E-state index is 5.52. The Morgan fingerprint density at radius 1 is 1.06 bits per heavy atom. The summed E-state index contributed by atoms with van der Waals surface area (Å²) in [7, 11) is 1.66. The van der Waals surface area contributed by atoms with E-state index >= 15 is 0 Å². The molecule has 0 atom stereocenters. The maximum Gasteiger partial charge on any atom is 0.166 e. The molecule has 0 fully saturated rings. The summed E-state index contributed by atoms with van der Waals surface area (Å²) in [5.74, 6) is 2.33. The molecule has 0 radical (unpaired) electrons. The number of aromatic nitrogens is 3. The molecule has 3 aromatic heterocycles. The van der Waals surface area contributed by atoms with Crippen LogP contribution in [0.4, 0.5) is 5.82 Å². The molecular weight excluding hydrogens is 404 g/mol. The SMILES string of the molecule is COc1cnccc1-c1nc(NCCCc2ccccc2)c2c3c(sc2n1)CCCC3. The lowest BCUT2D eigenvalue weighted by atomic mass is 9.97. The van der Waals surface area contributed by atoms with Gasteiger partial charge in [0, 0.05) is 17.6 Å². The zero-order valence-electron chi connectivity index (χ0n) is 17.7. The van der Waals surface area contributed by atoms with Gasteiger partial charge in [-0.05, 0) is 55.7 Å². The Kier molecular flexibility index (Phi) is 5.80. The average Bonchev–Trinajstić information content (AvgIpc) is 3.21. The van der Waals surface area contributed by atoms with E-state index in [9.17, 15) is 0 Å². The highest BCUT2D eigenvalue weighted by molar-refractivity contribution is 7.19. The molecule has 1 aliphatic rings. The number of hydrogen-bond donors (Lipinski definition) is 1. The Bertz CT molecular complexity index is 1190. The van der Waals surface area contributed by atoms with Crippen LogP contribution in [-0.2, 0) is 19.3 Å². The Balaban J connectivity index is 1.49. The standard InChI is InChI=1S/C25H26N4OS/c1-30-20-16-26-15-13-18(20)23-28-24(27-14-7-10-17-8-3-2-4-9-17)22-19-11-5-6-12-21(19)31-25(22)29-23/h2-4,8-9,13,15-16H,5-7,10-12,14H2,1H3,(H,27,28,29). The fourth-order valence-corrected chi connectivity index (χ4v) is 5.54. The second-order valence-electron chi connectivity index (χ2n) is 7.88. The number of aryl methyl sites for hydroxylation is 3. The van der Waals surface area contributed by atoms with E-state index in [0.717, 1.165) is 48.4 Å².